The van der Waals surface area contributed by atoms with Gasteiger partial charge in [0.05, 0.1) is 12.2 Å². The van der Waals surface area contributed by atoms with Crippen molar-refractivity contribution in [1.82, 2.24) is 0 Å². The molecule has 0 radical (unpaired) electrons. The van der Waals surface area contributed by atoms with Gasteiger partial charge in [0.25, 0.3) is 0 Å². The smallest absolute Gasteiger partial charge is 0.316 e. The zero-order valence-corrected chi connectivity index (χ0v) is 22.5. The second-order valence-electron chi connectivity index (χ2n) is 11.6. The largest absolute Gasteiger partial charge is 0.383 e. The molecule has 1 nitrogen and oxygen atoms in total. The molecule has 0 amide bonds. The summed E-state index contributed by atoms with van der Waals surface area (Å²) < 4.78 is 34.5. The predicted molar refractivity (Wildman–Crippen MR) is 146 cm³/mol. The minimum absolute atomic E-state index is 0.0114. The summed E-state index contributed by atoms with van der Waals surface area (Å²) in [5.74, 6) is 2.86. The Kier molecular flexibility index (Phi) is 9.99. The Hall–Kier alpha value is -1.74. The maximum absolute atomic E-state index is 14.7. The highest BCUT2D eigenvalue weighted by atomic mass is 19.3. The standard InChI is InChI=1S/C33H46F2O/c1-3-4-5-6-26-9-15-29(16-10-26)30-17-11-27(12-18-30)23-24-36-33(34,35)32-21-19-31(20-22-32)28-13-7-25(2)8-14-28/h11-12,17-22,25-26,28-29H,3-10,13-16,23-24H2,1-2H3. The molecule has 0 aromatic heterocycles. The van der Waals surface area contributed by atoms with Crippen molar-refractivity contribution < 1.29 is 13.5 Å². The van der Waals surface area contributed by atoms with Gasteiger partial charge in [-0.2, -0.15) is 8.78 Å². The van der Waals surface area contributed by atoms with Crippen LogP contribution in [-0.4, -0.2) is 6.61 Å². The average molecular weight is 497 g/mol. The molecule has 0 atom stereocenters. The first-order chi connectivity index (χ1) is 17.4. The molecule has 198 valence electrons. The first-order valence-electron chi connectivity index (χ1n) is 14.7. The summed E-state index contributed by atoms with van der Waals surface area (Å²) in [4.78, 5) is 0. The molecule has 4 rings (SSSR count). The quantitative estimate of drug-likeness (QED) is 0.281. The van der Waals surface area contributed by atoms with E-state index in [2.05, 4.69) is 38.1 Å². The van der Waals surface area contributed by atoms with Gasteiger partial charge in [-0.3, -0.25) is 0 Å². The zero-order chi connectivity index (χ0) is 25.4. The molecule has 3 heteroatoms. The van der Waals surface area contributed by atoms with Crippen LogP contribution in [0.3, 0.4) is 0 Å². The molecule has 0 aliphatic heterocycles. The van der Waals surface area contributed by atoms with Crippen LogP contribution in [0.2, 0.25) is 0 Å². The molecule has 0 heterocycles. The van der Waals surface area contributed by atoms with Crippen molar-refractivity contribution in [2.24, 2.45) is 11.8 Å². The molecule has 2 aromatic rings. The van der Waals surface area contributed by atoms with Gasteiger partial charge >= 0.3 is 6.11 Å². The van der Waals surface area contributed by atoms with Crippen LogP contribution in [0, 0.1) is 11.8 Å². The lowest BCUT2D eigenvalue weighted by Crippen LogP contribution is -2.20. The van der Waals surface area contributed by atoms with Gasteiger partial charge in [-0.05, 0) is 85.3 Å². The molecule has 2 aliphatic rings. The average Bonchev–Trinajstić information content (AvgIpc) is 2.90. The van der Waals surface area contributed by atoms with Crippen LogP contribution in [0.4, 0.5) is 8.78 Å². The Morgan fingerprint density at radius 3 is 1.89 bits per heavy atom. The van der Waals surface area contributed by atoms with E-state index >= 15 is 0 Å². The van der Waals surface area contributed by atoms with Gasteiger partial charge in [0.1, 0.15) is 0 Å². The molecule has 0 N–H and O–H groups in total. The van der Waals surface area contributed by atoms with Crippen molar-refractivity contribution in [1.29, 1.82) is 0 Å². The molecule has 0 bridgehead atoms. The number of unbranched alkanes of at least 4 members (excludes halogenated alkanes) is 2. The van der Waals surface area contributed by atoms with Crippen LogP contribution in [0.1, 0.15) is 125 Å². The fourth-order valence-electron chi connectivity index (χ4n) is 6.35. The van der Waals surface area contributed by atoms with Crippen molar-refractivity contribution >= 4 is 0 Å². The third-order valence-corrected chi connectivity index (χ3v) is 8.92. The third-order valence-electron chi connectivity index (χ3n) is 8.92. The SMILES string of the molecule is CCCCCC1CCC(c2ccc(CCOC(F)(F)c3ccc(C4CCC(C)CC4)cc3)cc2)CC1. The fraction of sp³-hybridized carbons (Fsp3) is 0.636. The van der Waals surface area contributed by atoms with E-state index in [-0.39, 0.29) is 12.2 Å². The molecule has 2 fully saturated rings. The molecule has 36 heavy (non-hydrogen) atoms. The Bertz CT molecular complexity index is 888. The number of alkyl halides is 2. The van der Waals surface area contributed by atoms with Gasteiger partial charge in [-0.15, -0.1) is 0 Å². The Labute approximate surface area is 218 Å². The van der Waals surface area contributed by atoms with Crippen LogP contribution in [-0.2, 0) is 17.3 Å². The van der Waals surface area contributed by atoms with Crippen LogP contribution in [0.15, 0.2) is 48.5 Å². The topological polar surface area (TPSA) is 9.23 Å². The van der Waals surface area contributed by atoms with Crippen molar-refractivity contribution in [3.8, 4) is 0 Å². The maximum Gasteiger partial charge on any atom is 0.383 e. The molecular weight excluding hydrogens is 450 g/mol. The van der Waals surface area contributed by atoms with Gasteiger partial charge < -0.3 is 4.74 Å². The highest BCUT2D eigenvalue weighted by molar-refractivity contribution is 5.28. The van der Waals surface area contributed by atoms with Gasteiger partial charge in [-0.25, -0.2) is 0 Å². The van der Waals surface area contributed by atoms with E-state index in [1.54, 1.807) is 12.1 Å². The van der Waals surface area contributed by atoms with Gasteiger partial charge in [0.2, 0.25) is 0 Å². The Balaban J connectivity index is 1.21. The van der Waals surface area contributed by atoms with E-state index in [9.17, 15) is 8.78 Å². The van der Waals surface area contributed by atoms with Crippen LogP contribution >= 0.6 is 0 Å². The molecule has 0 saturated heterocycles. The summed E-state index contributed by atoms with van der Waals surface area (Å²) in [6, 6.07) is 15.5. The van der Waals surface area contributed by atoms with E-state index in [1.165, 1.54) is 75.3 Å². The predicted octanol–water partition coefficient (Wildman–Crippen LogP) is 10.1. The zero-order valence-electron chi connectivity index (χ0n) is 22.5. The Morgan fingerprint density at radius 2 is 1.31 bits per heavy atom. The summed E-state index contributed by atoms with van der Waals surface area (Å²) in [7, 11) is 0. The second kappa shape index (κ2) is 13.2. The molecule has 2 aromatic carbocycles. The van der Waals surface area contributed by atoms with Gasteiger partial charge in [0, 0.05) is 0 Å². The molecular formula is C33H46F2O. The van der Waals surface area contributed by atoms with Crippen LogP contribution < -0.4 is 0 Å². The number of rotatable bonds is 11. The monoisotopic (exact) mass is 496 g/mol. The number of ether oxygens (including phenoxy) is 1. The van der Waals surface area contributed by atoms with Crippen molar-refractivity contribution in [2.45, 2.75) is 115 Å². The highest BCUT2D eigenvalue weighted by Crippen LogP contribution is 2.39. The van der Waals surface area contributed by atoms with Gasteiger partial charge in [-0.1, -0.05) is 101 Å². The third kappa shape index (κ3) is 7.63. The van der Waals surface area contributed by atoms with Gasteiger partial charge in [0.15, 0.2) is 0 Å². The van der Waals surface area contributed by atoms with Crippen molar-refractivity contribution in [3.05, 3.63) is 70.8 Å². The fourth-order valence-corrected chi connectivity index (χ4v) is 6.35. The number of hydrogen-bond acceptors (Lipinski definition) is 1. The highest BCUT2D eigenvalue weighted by Gasteiger charge is 2.33. The lowest BCUT2D eigenvalue weighted by Gasteiger charge is -2.29. The minimum atomic E-state index is -3.25. The Morgan fingerprint density at radius 1 is 0.750 bits per heavy atom. The normalized spacial score (nSPS) is 25.1. The van der Waals surface area contributed by atoms with Crippen LogP contribution in [0.25, 0.3) is 0 Å². The first-order valence-corrected chi connectivity index (χ1v) is 14.7. The molecule has 2 saturated carbocycles. The van der Waals surface area contributed by atoms with Crippen molar-refractivity contribution in [3.63, 3.8) is 0 Å². The second-order valence-corrected chi connectivity index (χ2v) is 11.6. The first kappa shape index (κ1) is 27.3. The molecule has 0 unspecified atom stereocenters. The number of hydrogen-bond donors (Lipinski definition) is 0. The van der Waals surface area contributed by atoms with E-state index in [0.29, 0.717) is 18.3 Å². The van der Waals surface area contributed by atoms with Crippen molar-refractivity contribution in [2.75, 3.05) is 6.61 Å². The van der Waals surface area contributed by atoms with E-state index in [0.717, 1.165) is 30.2 Å². The molecule has 2 aliphatic carbocycles. The van der Waals surface area contributed by atoms with E-state index in [4.69, 9.17) is 4.74 Å². The summed E-state index contributed by atoms with van der Waals surface area (Å²) in [6.07, 6.45) is 12.7. The summed E-state index contributed by atoms with van der Waals surface area (Å²) in [5.41, 5.74) is 3.61. The molecule has 0 spiro atoms. The lowest BCUT2D eigenvalue weighted by atomic mass is 9.77. The summed E-state index contributed by atoms with van der Waals surface area (Å²) >= 11 is 0. The summed E-state index contributed by atoms with van der Waals surface area (Å²) in [5, 5.41) is 0. The minimum Gasteiger partial charge on any atom is -0.316 e. The maximum atomic E-state index is 14.7. The number of halogens is 2. The summed E-state index contributed by atoms with van der Waals surface area (Å²) in [6.45, 7) is 4.58. The lowest BCUT2D eigenvalue weighted by molar-refractivity contribution is -0.248. The van der Waals surface area contributed by atoms with E-state index in [1.807, 2.05) is 12.1 Å². The van der Waals surface area contributed by atoms with Crippen LogP contribution in [0.5, 0.6) is 0 Å². The van der Waals surface area contributed by atoms with E-state index < -0.39 is 6.11 Å². The number of benzene rings is 2.